The van der Waals surface area contributed by atoms with E-state index < -0.39 is 5.91 Å². The minimum absolute atomic E-state index is 0.189. The summed E-state index contributed by atoms with van der Waals surface area (Å²) in [6, 6.07) is 7.02. The lowest BCUT2D eigenvalue weighted by Crippen LogP contribution is -2.29. The summed E-state index contributed by atoms with van der Waals surface area (Å²) in [5, 5.41) is 9.51. The minimum Gasteiger partial charge on any atom is -0.267 e. The molecular formula is C18H24N4O2. The molecule has 0 atom stereocenters. The van der Waals surface area contributed by atoms with E-state index in [1.165, 1.54) is 4.68 Å². The Kier molecular flexibility index (Phi) is 6.23. The molecule has 1 aromatic carbocycles. The summed E-state index contributed by atoms with van der Waals surface area (Å²) in [5.41, 5.74) is 3.61. The summed E-state index contributed by atoms with van der Waals surface area (Å²) < 4.78 is 1.31. The van der Waals surface area contributed by atoms with Crippen molar-refractivity contribution in [2.75, 3.05) is 0 Å². The van der Waals surface area contributed by atoms with Gasteiger partial charge < -0.3 is 0 Å². The number of hydrogen-bond acceptors (Lipinski definition) is 4. The zero-order valence-electron chi connectivity index (χ0n) is 14.5. The quantitative estimate of drug-likeness (QED) is 0.627. The third-order valence-corrected chi connectivity index (χ3v) is 3.78. The molecule has 2 aromatic rings. The Bertz CT molecular complexity index is 800. The van der Waals surface area contributed by atoms with Crippen molar-refractivity contribution < 1.29 is 4.79 Å². The van der Waals surface area contributed by atoms with Gasteiger partial charge in [-0.1, -0.05) is 44.9 Å². The van der Waals surface area contributed by atoms with Crippen LogP contribution in [-0.2, 0) is 6.54 Å². The van der Waals surface area contributed by atoms with Crippen LogP contribution in [0.4, 0.5) is 0 Å². The van der Waals surface area contributed by atoms with Gasteiger partial charge in [-0.2, -0.15) is 10.2 Å². The van der Waals surface area contributed by atoms with Crippen LogP contribution in [-0.4, -0.2) is 21.4 Å². The normalized spacial score (nSPS) is 10.6. The molecular weight excluding hydrogens is 304 g/mol. The molecule has 0 aliphatic carbocycles. The molecule has 0 radical (unpaired) electrons. The Hall–Kier alpha value is -2.50. The van der Waals surface area contributed by atoms with E-state index in [0.717, 1.165) is 31.4 Å². The number of aromatic nitrogens is 2. The Morgan fingerprint density at radius 3 is 2.33 bits per heavy atom. The molecule has 0 saturated heterocycles. The first kappa shape index (κ1) is 17.8. The highest BCUT2D eigenvalue weighted by Gasteiger charge is 2.16. The van der Waals surface area contributed by atoms with Gasteiger partial charge in [-0.05, 0) is 25.8 Å². The van der Waals surface area contributed by atoms with Gasteiger partial charge in [0.05, 0.1) is 5.39 Å². The van der Waals surface area contributed by atoms with Crippen LogP contribution in [0.2, 0.25) is 0 Å². The number of nitrogens with one attached hydrogen (secondary N) is 1. The van der Waals surface area contributed by atoms with Gasteiger partial charge in [-0.15, -0.1) is 0 Å². The SMILES string of the molecule is CCCC(CCC)=NNC(=O)c1nn(CC)c(=O)c2ccccc12. The fraction of sp³-hybridized carbons (Fsp3) is 0.444. The number of carbonyl (C=O) groups is 1. The smallest absolute Gasteiger partial charge is 0.267 e. The Morgan fingerprint density at radius 2 is 1.75 bits per heavy atom. The number of hydrazone groups is 1. The van der Waals surface area contributed by atoms with E-state index in [1.54, 1.807) is 24.3 Å². The summed E-state index contributed by atoms with van der Waals surface area (Å²) in [4.78, 5) is 24.9. The number of nitrogens with zero attached hydrogens (tertiary/aromatic N) is 3. The molecule has 0 bridgehead atoms. The number of aryl methyl sites for hydroxylation is 1. The largest absolute Gasteiger partial charge is 0.292 e. The van der Waals surface area contributed by atoms with Gasteiger partial charge in [0.1, 0.15) is 0 Å². The zero-order chi connectivity index (χ0) is 17.5. The van der Waals surface area contributed by atoms with Gasteiger partial charge in [-0.3, -0.25) is 9.59 Å². The first-order valence-electron chi connectivity index (χ1n) is 8.47. The van der Waals surface area contributed by atoms with E-state index in [0.29, 0.717) is 17.3 Å². The highest BCUT2D eigenvalue weighted by molar-refractivity contribution is 6.05. The maximum absolute atomic E-state index is 12.6. The molecule has 0 aliphatic rings. The van der Waals surface area contributed by atoms with Crippen LogP contribution in [0.5, 0.6) is 0 Å². The zero-order valence-corrected chi connectivity index (χ0v) is 14.5. The van der Waals surface area contributed by atoms with Crippen molar-refractivity contribution >= 4 is 22.4 Å². The number of rotatable bonds is 7. The van der Waals surface area contributed by atoms with Gasteiger partial charge in [-0.25, -0.2) is 10.1 Å². The molecule has 24 heavy (non-hydrogen) atoms. The average Bonchev–Trinajstić information content (AvgIpc) is 2.60. The monoisotopic (exact) mass is 328 g/mol. The van der Waals surface area contributed by atoms with Crippen LogP contribution in [0.1, 0.15) is 56.9 Å². The van der Waals surface area contributed by atoms with Crippen molar-refractivity contribution in [1.29, 1.82) is 0 Å². The van der Waals surface area contributed by atoms with E-state index >= 15 is 0 Å². The molecule has 0 aliphatic heterocycles. The molecule has 0 unspecified atom stereocenters. The van der Waals surface area contributed by atoms with Crippen LogP contribution in [0.15, 0.2) is 34.2 Å². The van der Waals surface area contributed by atoms with Gasteiger partial charge in [0.25, 0.3) is 11.5 Å². The lowest BCUT2D eigenvalue weighted by molar-refractivity contribution is 0.0949. The van der Waals surface area contributed by atoms with Crippen molar-refractivity contribution in [1.82, 2.24) is 15.2 Å². The van der Waals surface area contributed by atoms with E-state index in [2.05, 4.69) is 29.5 Å². The molecule has 0 spiro atoms. The highest BCUT2D eigenvalue weighted by Crippen LogP contribution is 2.13. The van der Waals surface area contributed by atoms with Crippen molar-refractivity contribution in [3.8, 4) is 0 Å². The topological polar surface area (TPSA) is 76.3 Å². The molecule has 0 saturated carbocycles. The molecule has 6 heteroatoms. The Balaban J connectivity index is 2.40. The lowest BCUT2D eigenvalue weighted by Gasteiger charge is -2.09. The first-order chi connectivity index (χ1) is 11.6. The number of carbonyl (C=O) groups excluding carboxylic acids is 1. The summed E-state index contributed by atoms with van der Waals surface area (Å²) in [7, 11) is 0. The third-order valence-electron chi connectivity index (χ3n) is 3.78. The van der Waals surface area contributed by atoms with Gasteiger partial charge in [0, 0.05) is 17.6 Å². The standard InChI is InChI=1S/C18H24N4O2/c1-4-9-13(10-5-2)19-20-17(23)16-14-11-7-8-12-15(14)18(24)22(6-3)21-16/h7-8,11-12H,4-6,9-10H2,1-3H3,(H,20,23). The van der Waals surface area contributed by atoms with Crippen LogP contribution in [0.25, 0.3) is 10.8 Å². The fourth-order valence-electron chi connectivity index (χ4n) is 2.61. The van der Waals surface area contributed by atoms with E-state index in [1.807, 2.05) is 6.92 Å². The fourth-order valence-corrected chi connectivity index (χ4v) is 2.61. The number of amides is 1. The number of fused-ring (bicyclic) bond motifs is 1. The highest BCUT2D eigenvalue weighted by atomic mass is 16.2. The molecule has 1 heterocycles. The molecule has 6 nitrogen and oxygen atoms in total. The van der Waals surface area contributed by atoms with Crippen molar-refractivity contribution in [3.05, 3.63) is 40.3 Å². The Morgan fingerprint density at radius 1 is 1.12 bits per heavy atom. The molecule has 2 rings (SSSR count). The molecule has 0 fully saturated rings. The molecule has 128 valence electrons. The van der Waals surface area contributed by atoms with E-state index in [-0.39, 0.29) is 11.3 Å². The van der Waals surface area contributed by atoms with Crippen LogP contribution in [0, 0.1) is 0 Å². The predicted octanol–water partition coefficient (Wildman–Crippen LogP) is 3.10. The van der Waals surface area contributed by atoms with Crippen molar-refractivity contribution in [2.45, 2.75) is 53.0 Å². The maximum atomic E-state index is 12.6. The minimum atomic E-state index is -0.391. The second-order valence-corrected chi connectivity index (χ2v) is 5.63. The average molecular weight is 328 g/mol. The predicted molar refractivity (Wildman–Crippen MR) is 96.4 cm³/mol. The number of hydrogen-bond donors (Lipinski definition) is 1. The second-order valence-electron chi connectivity index (χ2n) is 5.63. The van der Waals surface area contributed by atoms with Crippen molar-refractivity contribution in [3.63, 3.8) is 0 Å². The lowest BCUT2D eigenvalue weighted by atomic mass is 10.1. The van der Waals surface area contributed by atoms with Crippen LogP contribution in [0.3, 0.4) is 0 Å². The molecule has 1 aromatic heterocycles. The van der Waals surface area contributed by atoms with Crippen LogP contribution < -0.4 is 11.0 Å². The summed E-state index contributed by atoms with van der Waals surface area (Å²) in [6.07, 6.45) is 3.68. The summed E-state index contributed by atoms with van der Waals surface area (Å²) in [6.45, 7) is 6.39. The number of benzene rings is 1. The summed E-state index contributed by atoms with van der Waals surface area (Å²) >= 11 is 0. The first-order valence-corrected chi connectivity index (χ1v) is 8.47. The molecule has 1 amide bonds. The second kappa shape index (κ2) is 8.38. The van der Waals surface area contributed by atoms with E-state index in [9.17, 15) is 9.59 Å². The van der Waals surface area contributed by atoms with Gasteiger partial charge in [0.2, 0.25) is 0 Å². The van der Waals surface area contributed by atoms with Gasteiger partial charge >= 0.3 is 0 Å². The third kappa shape index (κ3) is 3.88. The van der Waals surface area contributed by atoms with E-state index in [4.69, 9.17) is 0 Å². The molecule has 1 N–H and O–H groups in total. The maximum Gasteiger partial charge on any atom is 0.292 e. The summed E-state index contributed by atoms with van der Waals surface area (Å²) in [5.74, 6) is -0.391. The van der Waals surface area contributed by atoms with Gasteiger partial charge in [0.15, 0.2) is 5.69 Å². The van der Waals surface area contributed by atoms with Crippen molar-refractivity contribution in [2.24, 2.45) is 5.10 Å². The Labute approximate surface area is 141 Å². The van der Waals surface area contributed by atoms with Crippen LogP contribution >= 0.6 is 0 Å².